The summed E-state index contributed by atoms with van der Waals surface area (Å²) in [4.78, 5) is 0. The van der Waals surface area contributed by atoms with Crippen LogP contribution in [0.1, 0.15) is 11.1 Å². The average molecular weight is 659 g/mol. The van der Waals surface area contributed by atoms with Gasteiger partial charge in [-0.3, -0.25) is 0 Å². The zero-order valence-electron chi connectivity index (χ0n) is 29.2. The van der Waals surface area contributed by atoms with E-state index in [1.807, 2.05) is 0 Å². The van der Waals surface area contributed by atoms with Gasteiger partial charge >= 0.3 is 0 Å². The topological polar surface area (TPSA) is 0 Å². The molecule has 52 heavy (non-hydrogen) atoms. The smallest absolute Gasteiger partial charge is 0.000740 e. The van der Waals surface area contributed by atoms with E-state index in [0.29, 0.717) is 0 Å². The molecular formula is C52H34. The van der Waals surface area contributed by atoms with E-state index in [4.69, 9.17) is 0 Å². The van der Waals surface area contributed by atoms with Crippen LogP contribution in [0.15, 0.2) is 170 Å². The predicted molar refractivity (Wildman–Crippen MR) is 222 cm³/mol. The van der Waals surface area contributed by atoms with Gasteiger partial charge in [0.15, 0.2) is 0 Å². The van der Waals surface area contributed by atoms with Crippen molar-refractivity contribution in [1.29, 1.82) is 0 Å². The average Bonchev–Trinajstić information content (AvgIpc) is 3.70. The maximum atomic E-state index is 2.43. The van der Waals surface area contributed by atoms with Gasteiger partial charge in [-0.05, 0) is 124 Å². The molecule has 0 fully saturated rings. The standard InChI is InChI=1S/C52H34/c1-31-13-11-19-35(29-31)45-39-21-9-10-22-40(39)46(36-20-12-14-32(2)30-36)52-44-28-26-42-48-38(34-17-7-4-8-18-34)24-23-37(33-15-5-3-6-16-33)47(48)41-25-27-43(51(45)52)50(44)49(41)42/h3-30H,1-2H3. The van der Waals surface area contributed by atoms with Crippen molar-refractivity contribution >= 4 is 21.5 Å². The molecule has 0 spiro atoms. The Labute approximate surface area is 304 Å². The molecule has 0 nitrogen and oxygen atoms in total. The molecule has 0 heterocycles. The molecule has 11 rings (SSSR count). The van der Waals surface area contributed by atoms with Gasteiger partial charge in [-0.25, -0.2) is 0 Å². The van der Waals surface area contributed by atoms with Gasteiger partial charge < -0.3 is 0 Å². The quantitative estimate of drug-likeness (QED) is 0.177. The van der Waals surface area contributed by atoms with Crippen molar-refractivity contribution in [3.05, 3.63) is 181 Å². The molecule has 0 saturated heterocycles. The van der Waals surface area contributed by atoms with Crippen molar-refractivity contribution in [2.75, 3.05) is 0 Å². The van der Waals surface area contributed by atoms with Crippen LogP contribution in [-0.2, 0) is 0 Å². The molecule has 0 bridgehead atoms. The lowest BCUT2D eigenvalue weighted by Crippen LogP contribution is -1.94. The fraction of sp³-hybridized carbons (Fsp3) is 0.0385. The van der Waals surface area contributed by atoms with Crippen LogP contribution in [0.25, 0.3) is 111 Å². The normalized spacial score (nSPS) is 12.0. The number of aryl methyl sites for hydroxylation is 2. The van der Waals surface area contributed by atoms with Crippen molar-refractivity contribution in [2.45, 2.75) is 13.8 Å². The van der Waals surface area contributed by atoms with Gasteiger partial charge in [0.05, 0.1) is 0 Å². The second kappa shape index (κ2) is 11.0. The molecule has 0 amide bonds. The van der Waals surface area contributed by atoms with Crippen LogP contribution in [0, 0.1) is 13.8 Å². The molecule has 0 radical (unpaired) electrons. The minimum Gasteiger partial charge on any atom is -0.0622 e. The first-order valence-electron chi connectivity index (χ1n) is 18.3. The summed E-state index contributed by atoms with van der Waals surface area (Å²) >= 11 is 0. The number of hydrogen-bond donors (Lipinski definition) is 0. The molecule has 0 aromatic heterocycles. The van der Waals surface area contributed by atoms with Gasteiger partial charge in [0.2, 0.25) is 0 Å². The van der Waals surface area contributed by atoms with Crippen LogP contribution in [-0.4, -0.2) is 0 Å². The Morgan fingerprint density at radius 3 is 1.00 bits per heavy atom. The number of hydrogen-bond acceptors (Lipinski definition) is 0. The third kappa shape index (κ3) is 4.04. The molecule has 9 aromatic rings. The number of fused-ring (bicyclic) bond motifs is 7. The zero-order chi connectivity index (χ0) is 34.5. The summed E-state index contributed by atoms with van der Waals surface area (Å²) in [5.41, 5.74) is 23.5. The molecule has 0 atom stereocenters. The Bertz CT molecular complexity index is 2750. The van der Waals surface area contributed by atoms with Crippen LogP contribution < -0.4 is 0 Å². The van der Waals surface area contributed by atoms with E-state index in [1.54, 1.807) is 0 Å². The molecule has 0 N–H and O–H groups in total. The summed E-state index contributed by atoms with van der Waals surface area (Å²) in [6.07, 6.45) is 0. The number of rotatable bonds is 4. The second-order valence-corrected chi connectivity index (χ2v) is 14.5. The van der Waals surface area contributed by atoms with E-state index in [9.17, 15) is 0 Å². The van der Waals surface area contributed by atoms with Gasteiger partial charge in [0, 0.05) is 0 Å². The van der Waals surface area contributed by atoms with E-state index < -0.39 is 0 Å². The minimum absolute atomic E-state index is 1.25. The summed E-state index contributed by atoms with van der Waals surface area (Å²) in [5, 5.41) is 5.34. The van der Waals surface area contributed by atoms with E-state index in [2.05, 4.69) is 184 Å². The highest BCUT2D eigenvalue weighted by Gasteiger charge is 2.36. The van der Waals surface area contributed by atoms with Crippen molar-refractivity contribution < 1.29 is 0 Å². The summed E-state index contributed by atoms with van der Waals surface area (Å²) in [6, 6.07) is 63.5. The third-order valence-corrected chi connectivity index (χ3v) is 11.4. The van der Waals surface area contributed by atoms with Gasteiger partial charge in [0.25, 0.3) is 0 Å². The predicted octanol–water partition coefficient (Wildman–Crippen LogP) is 14.6. The molecule has 0 unspecified atom stereocenters. The summed E-state index contributed by atoms with van der Waals surface area (Å²) in [7, 11) is 0. The fourth-order valence-electron chi connectivity index (χ4n) is 9.39. The van der Waals surface area contributed by atoms with E-state index in [1.165, 1.54) is 122 Å². The Hall–Kier alpha value is -6.50. The first kappa shape index (κ1) is 29.3. The van der Waals surface area contributed by atoms with Gasteiger partial charge in [-0.1, -0.05) is 181 Å². The lowest BCUT2D eigenvalue weighted by atomic mass is 9.82. The lowest BCUT2D eigenvalue weighted by Gasteiger charge is -2.21. The Balaban J connectivity index is 1.31. The molecule has 242 valence electrons. The third-order valence-electron chi connectivity index (χ3n) is 11.4. The molecule has 0 aliphatic heterocycles. The van der Waals surface area contributed by atoms with Crippen molar-refractivity contribution in [3.63, 3.8) is 0 Å². The molecule has 2 aliphatic rings. The Morgan fingerprint density at radius 2 is 0.596 bits per heavy atom. The van der Waals surface area contributed by atoms with Gasteiger partial charge in [-0.15, -0.1) is 0 Å². The van der Waals surface area contributed by atoms with Crippen molar-refractivity contribution in [1.82, 2.24) is 0 Å². The van der Waals surface area contributed by atoms with Crippen LogP contribution in [0.3, 0.4) is 0 Å². The molecular weight excluding hydrogens is 625 g/mol. The summed E-state index contributed by atoms with van der Waals surface area (Å²) in [5.74, 6) is 0. The second-order valence-electron chi connectivity index (χ2n) is 14.5. The summed E-state index contributed by atoms with van der Waals surface area (Å²) in [6.45, 7) is 4.41. The van der Waals surface area contributed by atoms with Crippen molar-refractivity contribution in [3.8, 4) is 89.0 Å². The SMILES string of the molecule is Cc1cccc(-c2c3c(c(-c4cccc(C)c4)c4ccccc24)-c2ccc4c5c(ccc-3c25)-c2c(-c3ccccc3)ccc(-c3ccccc3)c2-4)c1. The Kier molecular flexibility index (Phi) is 6.19. The van der Waals surface area contributed by atoms with E-state index in [-0.39, 0.29) is 0 Å². The fourth-order valence-corrected chi connectivity index (χ4v) is 9.39. The van der Waals surface area contributed by atoms with Gasteiger partial charge in [0.1, 0.15) is 0 Å². The van der Waals surface area contributed by atoms with Crippen molar-refractivity contribution in [2.24, 2.45) is 0 Å². The summed E-state index contributed by atoms with van der Waals surface area (Å²) < 4.78 is 0. The largest absolute Gasteiger partial charge is 0.0622 e. The molecule has 9 aromatic carbocycles. The van der Waals surface area contributed by atoms with Crippen LogP contribution in [0.4, 0.5) is 0 Å². The number of benzene rings is 9. The zero-order valence-corrected chi connectivity index (χ0v) is 29.2. The van der Waals surface area contributed by atoms with Crippen LogP contribution in [0.2, 0.25) is 0 Å². The first-order chi connectivity index (χ1) is 25.7. The lowest BCUT2D eigenvalue weighted by molar-refractivity contribution is 1.47. The molecule has 0 saturated carbocycles. The van der Waals surface area contributed by atoms with Crippen LogP contribution >= 0.6 is 0 Å². The molecule has 2 aliphatic carbocycles. The Morgan fingerprint density at radius 1 is 0.250 bits per heavy atom. The van der Waals surface area contributed by atoms with Crippen LogP contribution in [0.5, 0.6) is 0 Å². The highest BCUT2D eigenvalue weighted by atomic mass is 14.4. The monoisotopic (exact) mass is 658 g/mol. The maximum absolute atomic E-state index is 2.43. The first-order valence-corrected chi connectivity index (χ1v) is 18.3. The minimum atomic E-state index is 1.25. The van der Waals surface area contributed by atoms with E-state index in [0.717, 1.165) is 0 Å². The maximum Gasteiger partial charge on any atom is -0.000740 e. The highest BCUT2D eigenvalue weighted by molar-refractivity contribution is 6.33. The van der Waals surface area contributed by atoms with E-state index >= 15 is 0 Å². The highest BCUT2D eigenvalue weighted by Crippen LogP contribution is 2.63. The molecule has 0 heteroatoms. The van der Waals surface area contributed by atoms with Gasteiger partial charge in [-0.2, -0.15) is 0 Å².